The molecule has 0 aliphatic carbocycles. The summed E-state index contributed by atoms with van der Waals surface area (Å²) in [5, 5.41) is 13.2. The Kier molecular flexibility index (Phi) is 5.04. The number of hydrogen-bond donors (Lipinski definition) is 2. The third-order valence-electron chi connectivity index (χ3n) is 2.71. The fourth-order valence-electron chi connectivity index (χ4n) is 1.61. The zero-order valence-corrected chi connectivity index (χ0v) is 13.9. The van der Waals surface area contributed by atoms with Crippen LogP contribution in [0.1, 0.15) is 5.56 Å². The predicted molar refractivity (Wildman–Crippen MR) is 86.7 cm³/mol. The van der Waals surface area contributed by atoms with Crippen LogP contribution < -0.4 is 9.57 Å². The number of nitrogens with one attached hydrogen (secondary N) is 1. The van der Waals surface area contributed by atoms with Crippen molar-refractivity contribution in [2.75, 3.05) is 7.11 Å². The van der Waals surface area contributed by atoms with E-state index in [0.29, 0.717) is 5.56 Å². The van der Waals surface area contributed by atoms with Crippen molar-refractivity contribution in [2.24, 2.45) is 5.10 Å². The second-order valence-corrected chi connectivity index (χ2v) is 6.81. The molecule has 0 fully saturated rings. The quantitative estimate of drug-likeness (QED) is 0.612. The number of aromatic hydroxyl groups is 1. The number of phenols is 1. The summed E-state index contributed by atoms with van der Waals surface area (Å²) in [5.74, 6) is 0.273. The number of halogens is 1. The highest BCUT2D eigenvalue weighted by Crippen LogP contribution is 2.25. The summed E-state index contributed by atoms with van der Waals surface area (Å²) in [7, 11) is -2.30. The van der Waals surface area contributed by atoms with Gasteiger partial charge in [-0.05, 0) is 48.0 Å². The molecule has 0 heterocycles. The first-order valence-electron chi connectivity index (χ1n) is 6.10. The molecular formula is C14H13BrN2O4S. The molecule has 0 spiro atoms. The van der Waals surface area contributed by atoms with Gasteiger partial charge in [0.2, 0.25) is 0 Å². The fraction of sp³-hybridized carbons (Fsp3) is 0.0714. The second kappa shape index (κ2) is 6.80. The van der Waals surface area contributed by atoms with Crippen molar-refractivity contribution in [2.45, 2.75) is 4.90 Å². The lowest BCUT2D eigenvalue weighted by Gasteiger charge is -2.04. The van der Waals surface area contributed by atoms with Gasteiger partial charge in [0.1, 0.15) is 0 Å². The minimum Gasteiger partial charge on any atom is -0.504 e. The average Bonchev–Trinajstić information content (AvgIpc) is 2.49. The van der Waals surface area contributed by atoms with E-state index in [9.17, 15) is 13.5 Å². The number of methoxy groups -OCH3 is 1. The SMILES string of the molecule is COc1cc(/C=N\NS(=O)(=O)c2ccc(Br)cc2)ccc1O. The molecule has 2 N–H and O–H groups in total. The van der Waals surface area contributed by atoms with Crippen LogP contribution in [0.5, 0.6) is 11.5 Å². The molecule has 0 unspecified atom stereocenters. The Balaban J connectivity index is 2.13. The van der Waals surface area contributed by atoms with Gasteiger partial charge in [-0.15, -0.1) is 0 Å². The van der Waals surface area contributed by atoms with Gasteiger partial charge in [-0.2, -0.15) is 13.5 Å². The Hall–Kier alpha value is -2.06. The van der Waals surface area contributed by atoms with E-state index in [1.807, 2.05) is 0 Å². The van der Waals surface area contributed by atoms with Gasteiger partial charge in [-0.25, -0.2) is 4.83 Å². The van der Waals surface area contributed by atoms with E-state index in [2.05, 4.69) is 25.9 Å². The highest BCUT2D eigenvalue weighted by atomic mass is 79.9. The van der Waals surface area contributed by atoms with Crippen LogP contribution >= 0.6 is 15.9 Å². The monoisotopic (exact) mass is 384 g/mol. The predicted octanol–water partition coefficient (Wildman–Crippen LogP) is 2.48. The summed E-state index contributed by atoms with van der Waals surface area (Å²) in [6.45, 7) is 0. The molecule has 22 heavy (non-hydrogen) atoms. The van der Waals surface area contributed by atoms with E-state index >= 15 is 0 Å². The maximum atomic E-state index is 12.0. The molecule has 8 heteroatoms. The number of rotatable bonds is 5. The summed E-state index contributed by atoms with van der Waals surface area (Å²) in [5.41, 5.74) is 0.577. The normalized spacial score (nSPS) is 11.5. The molecule has 0 saturated carbocycles. The van der Waals surface area contributed by atoms with E-state index in [1.54, 1.807) is 18.2 Å². The molecule has 0 saturated heterocycles. The maximum absolute atomic E-state index is 12.0. The molecule has 2 rings (SSSR count). The minimum absolute atomic E-state index is 0.00454. The zero-order valence-electron chi connectivity index (χ0n) is 11.5. The molecule has 0 bridgehead atoms. The summed E-state index contributed by atoms with van der Waals surface area (Å²) in [6, 6.07) is 10.7. The number of hydrazone groups is 1. The van der Waals surface area contributed by atoms with Crippen LogP contribution in [0, 0.1) is 0 Å². The van der Waals surface area contributed by atoms with E-state index in [1.165, 1.54) is 37.6 Å². The Labute approximate surface area is 136 Å². The molecule has 6 nitrogen and oxygen atoms in total. The Morgan fingerprint density at radius 1 is 1.23 bits per heavy atom. The van der Waals surface area contributed by atoms with Crippen LogP contribution in [0.3, 0.4) is 0 Å². The Morgan fingerprint density at radius 3 is 2.55 bits per heavy atom. The first-order chi connectivity index (χ1) is 10.4. The van der Waals surface area contributed by atoms with Crippen LogP contribution in [0.15, 0.2) is 56.9 Å². The highest BCUT2D eigenvalue weighted by molar-refractivity contribution is 9.10. The number of benzene rings is 2. The minimum atomic E-state index is -3.72. The number of sulfonamides is 1. The zero-order chi connectivity index (χ0) is 16.2. The van der Waals surface area contributed by atoms with Crippen molar-refractivity contribution in [3.8, 4) is 11.5 Å². The van der Waals surface area contributed by atoms with Crippen molar-refractivity contribution >= 4 is 32.2 Å². The molecule has 2 aromatic carbocycles. The van der Waals surface area contributed by atoms with Gasteiger partial charge in [-0.3, -0.25) is 0 Å². The Morgan fingerprint density at radius 2 is 1.91 bits per heavy atom. The van der Waals surface area contributed by atoms with E-state index < -0.39 is 10.0 Å². The van der Waals surface area contributed by atoms with Crippen molar-refractivity contribution in [1.29, 1.82) is 0 Å². The first-order valence-corrected chi connectivity index (χ1v) is 8.37. The summed E-state index contributed by atoms with van der Waals surface area (Å²) >= 11 is 3.24. The van der Waals surface area contributed by atoms with Crippen LogP contribution in [0.2, 0.25) is 0 Å². The van der Waals surface area contributed by atoms with Crippen LogP contribution in [-0.4, -0.2) is 26.8 Å². The average molecular weight is 385 g/mol. The Bertz CT molecular complexity index is 789. The van der Waals surface area contributed by atoms with Gasteiger partial charge in [0.05, 0.1) is 18.2 Å². The van der Waals surface area contributed by atoms with Crippen molar-refractivity contribution in [1.82, 2.24) is 4.83 Å². The van der Waals surface area contributed by atoms with Gasteiger partial charge in [0, 0.05) is 4.47 Å². The van der Waals surface area contributed by atoms with Crippen molar-refractivity contribution in [3.63, 3.8) is 0 Å². The standard InChI is InChI=1S/C14H13BrN2O4S/c1-21-14-8-10(2-7-13(14)18)9-16-17-22(19,20)12-5-3-11(15)4-6-12/h2-9,17-18H,1H3/b16-9-. The molecular weight excluding hydrogens is 372 g/mol. The lowest BCUT2D eigenvalue weighted by atomic mass is 10.2. The van der Waals surface area contributed by atoms with E-state index in [-0.39, 0.29) is 16.4 Å². The molecule has 116 valence electrons. The van der Waals surface area contributed by atoms with E-state index in [0.717, 1.165) is 4.47 Å². The van der Waals surface area contributed by atoms with Crippen molar-refractivity contribution in [3.05, 3.63) is 52.5 Å². The lowest BCUT2D eigenvalue weighted by Crippen LogP contribution is -2.18. The number of phenolic OH excluding ortho intramolecular Hbond substituents is 1. The molecule has 0 amide bonds. The van der Waals surface area contributed by atoms with Crippen LogP contribution in [0.25, 0.3) is 0 Å². The maximum Gasteiger partial charge on any atom is 0.276 e. The third kappa shape index (κ3) is 3.99. The van der Waals surface area contributed by atoms with Crippen LogP contribution in [0.4, 0.5) is 0 Å². The van der Waals surface area contributed by atoms with Crippen molar-refractivity contribution < 1.29 is 18.3 Å². The number of nitrogens with zero attached hydrogens (tertiary/aromatic N) is 1. The van der Waals surface area contributed by atoms with E-state index in [4.69, 9.17) is 4.74 Å². The highest BCUT2D eigenvalue weighted by Gasteiger charge is 2.11. The molecule has 2 aromatic rings. The first kappa shape index (κ1) is 16.3. The largest absolute Gasteiger partial charge is 0.504 e. The fourth-order valence-corrected chi connectivity index (χ4v) is 2.67. The second-order valence-electron chi connectivity index (χ2n) is 4.24. The smallest absolute Gasteiger partial charge is 0.276 e. The molecule has 0 atom stereocenters. The topological polar surface area (TPSA) is 88.0 Å². The molecule has 0 aromatic heterocycles. The lowest BCUT2D eigenvalue weighted by molar-refractivity contribution is 0.373. The summed E-state index contributed by atoms with van der Waals surface area (Å²) < 4.78 is 29.8. The van der Waals surface area contributed by atoms with Gasteiger partial charge < -0.3 is 9.84 Å². The molecule has 0 radical (unpaired) electrons. The van der Waals surface area contributed by atoms with Gasteiger partial charge in [-0.1, -0.05) is 15.9 Å². The van der Waals surface area contributed by atoms with Gasteiger partial charge in [0.15, 0.2) is 11.5 Å². The van der Waals surface area contributed by atoms with Gasteiger partial charge in [0.25, 0.3) is 10.0 Å². The molecule has 0 aliphatic heterocycles. The van der Waals surface area contributed by atoms with Gasteiger partial charge >= 0.3 is 0 Å². The summed E-state index contributed by atoms with van der Waals surface area (Å²) in [4.78, 5) is 2.23. The number of ether oxygens (including phenoxy) is 1. The summed E-state index contributed by atoms with van der Waals surface area (Å²) in [6.07, 6.45) is 1.32. The number of hydrogen-bond acceptors (Lipinski definition) is 5. The van der Waals surface area contributed by atoms with Crippen LogP contribution in [-0.2, 0) is 10.0 Å². The third-order valence-corrected chi connectivity index (χ3v) is 4.48. The molecule has 0 aliphatic rings.